The summed E-state index contributed by atoms with van der Waals surface area (Å²) in [6.07, 6.45) is -1.14. The number of halogens is 2. The summed E-state index contributed by atoms with van der Waals surface area (Å²) in [6, 6.07) is 10.7. The average Bonchev–Trinajstić information content (AvgIpc) is 2.93. The van der Waals surface area contributed by atoms with Gasteiger partial charge in [-0.25, -0.2) is 9.18 Å². The van der Waals surface area contributed by atoms with Gasteiger partial charge in [0, 0.05) is 16.0 Å². The van der Waals surface area contributed by atoms with Crippen LogP contribution in [0.2, 0.25) is 5.02 Å². The van der Waals surface area contributed by atoms with Crippen molar-refractivity contribution in [2.75, 3.05) is 5.32 Å². The Morgan fingerprint density at radius 1 is 1.23 bits per heavy atom. The van der Waals surface area contributed by atoms with E-state index in [1.54, 1.807) is 31.2 Å². The monoisotopic (exact) mass is 375 g/mol. The molecule has 0 aliphatic rings. The maximum absolute atomic E-state index is 13.6. The zero-order chi connectivity index (χ0) is 18.8. The first-order valence-corrected chi connectivity index (χ1v) is 8.19. The van der Waals surface area contributed by atoms with Crippen LogP contribution in [0.3, 0.4) is 0 Å². The van der Waals surface area contributed by atoms with Crippen molar-refractivity contribution in [2.45, 2.75) is 20.0 Å². The van der Waals surface area contributed by atoms with Crippen LogP contribution in [0.5, 0.6) is 0 Å². The summed E-state index contributed by atoms with van der Waals surface area (Å²) in [5, 5.41) is 3.58. The van der Waals surface area contributed by atoms with E-state index in [0.29, 0.717) is 21.6 Å². The molecule has 0 saturated carbocycles. The highest BCUT2D eigenvalue weighted by Gasteiger charge is 2.24. The van der Waals surface area contributed by atoms with Gasteiger partial charge in [0.25, 0.3) is 5.91 Å². The number of anilines is 1. The van der Waals surface area contributed by atoms with E-state index in [4.69, 9.17) is 20.8 Å². The Morgan fingerprint density at radius 2 is 1.96 bits per heavy atom. The summed E-state index contributed by atoms with van der Waals surface area (Å²) in [7, 11) is 0. The number of carbonyl (C=O) groups excluding carboxylic acids is 2. The number of rotatable bonds is 4. The predicted octanol–water partition coefficient (Wildman–Crippen LogP) is 4.72. The molecule has 1 amide bonds. The molecule has 134 valence electrons. The third-order valence-corrected chi connectivity index (χ3v) is 4.10. The van der Waals surface area contributed by atoms with Crippen molar-refractivity contribution in [3.8, 4) is 0 Å². The summed E-state index contributed by atoms with van der Waals surface area (Å²) < 4.78 is 24.3. The highest BCUT2D eigenvalue weighted by Crippen LogP contribution is 2.28. The highest BCUT2D eigenvalue weighted by molar-refractivity contribution is 6.31. The van der Waals surface area contributed by atoms with Crippen LogP contribution < -0.4 is 5.32 Å². The van der Waals surface area contributed by atoms with Gasteiger partial charge in [-0.05, 0) is 44.2 Å². The minimum absolute atomic E-state index is 0.00666. The molecule has 0 fully saturated rings. The molecule has 3 aromatic rings. The van der Waals surface area contributed by atoms with E-state index >= 15 is 0 Å². The number of nitrogens with one attached hydrogen (secondary N) is 1. The molecule has 0 aliphatic carbocycles. The number of furan rings is 1. The molecule has 7 heteroatoms. The van der Waals surface area contributed by atoms with Gasteiger partial charge in [-0.1, -0.05) is 23.7 Å². The third kappa shape index (κ3) is 3.55. The summed E-state index contributed by atoms with van der Waals surface area (Å²) in [5.74, 6) is -2.02. The number of hydrogen-bond acceptors (Lipinski definition) is 4. The molecule has 0 spiro atoms. The third-order valence-electron chi connectivity index (χ3n) is 3.87. The lowest BCUT2D eigenvalue weighted by atomic mass is 10.1. The maximum atomic E-state index is 13.6. The van der Waals surface area contributed by atoms with Crippen molar-refractivity contribution in [2.24, 2.45) is 0 Å². The van der Waals surface area contributed by atoms with Crippen molar-refractivity contribution < 1.29 is 23.1 Å². The summed E-state index contributed by atoms with van der Waals surface area (Å²) in [4.78, 5) is 24.5. The summed E-state index contributed by atoms with van der Waals surface area (Å²) >= 11 is 5.95. The molecule has 1 atom stereocenters. The van der Waals surface area contributed by atoms with E-state index in [1.165, 1.54) is 25.1 Å². The van der Waals surface area contributed by atoms with E-state index in [9.17, 15) is 14.0 Å². The van der Waals surface area contributed by atoms with Gasteiger partial charge in [0.15, 0.2) is 6.10 Å². The second kappa shape index (κ2) is 7.17. The van der Waals surface area contributed by atoms with E-state index in [-0.39, 0.29) is 11.4 Å². The van der Waals surface area contributed by atoms with E-state index in [2.05, 4.69) is 5.32 Å². The van der Waals surface area contributed by atoms with E-state index in [0.717, 1.165) is 0 Å². The van der Waals surface area contributed by atoms with Crippen molar-refractivity contribution in [3.63, 3.8) is 0 Å². The van der Waals surface area contributed by atoms with Gasteiger partial charge in [0.2, 0.25) is 5.76 Å². The number of carbonyl (C=O) groups is 2. The largest absolute Gasteiger partial charge is 0.449 e. The van der Waals surface area contributed by atoms with E-state index in [1.807, 2.05) is 0 Å². The molecule has 0 bridgehead atoms. The van der Waals surface area contributed by atoms with E-state index < -0.39 is 23.8 Å². The minimum atomic E-state index is -1.14. The molecule has 1 heterocycles. The smallest absolute Gasteiger partial charge is 0.375 e. The van der Waals surface area contributed by atoms with Gasteiger partial charge < -0.3 is 14.5 Å². The maximum Gasteiger partial charge on any atom is 0.375 e. The standard InChI is InChI=1S/C19H15ClFNO4/c1-10-13-9-12(20)7-8-16(13)26-17(10)19(24)25-11(2)18(23)22-15-6-4-3-5-14(15)21/h3-9,11H,1-2H3,(H,22,23)/t11-/m1/s1. The first-order valence-electron chi connectivity index (χ1n) is 7.82. The van der Waals surface area contributed by atoms with Gasteiger partial charge in [-0.3, -0.25) is 4.79 Å². The molecular formula is C19H15ClFNO4. The lowest BCUT2D eigenvalue weighted by molar-refractivity contribution is -0.123. The van der Waals surface area contributed by atoms with Crippen LogP contribution in [-0.4, -0.2) is 18.0 Å². The Hall–Kier alpha value is -2.86. The number of benzene rings is 2. The van der Waals surface area contributed by atoms with Crippen molar-refractivity contribution in [3.05, 3.63) is 64.6 Å². The van der Waals surface area contributed by atoms with Crippen molar-refractivity contribution >= 4 is 40.1 Å². The number of ether oxygens (including phenoxy) is 1. The Balaban J connectivity index is 1.74. The average molecular weight is 376 g/mol. The minimum Gasteiger partial charge on any atom is -0.449 e. The number of amides is 1. The normalized spacial score (nSPS) is 12.0. The highest BCUT2D eigenvalue weighted by atomic mass is 35.5. The molecular weight excluding hydrogens is 361 g/mol. The molecule has 1 aromatic heterocycles. The predicted molar refractivity (Wildman–Crippen MR) is 95.9 cm³/mol. The topological polar surface area (TPSA) is 68.5 Å². The molecule has 0 aliphatic heterocycles. The quantitative estimate of drug-likeness (QED) is 0.670. The van der Waals surface area contributed by atoms with Crippen molar-refractivity contribution in [1.29, 1.82) is 0 Å². The van der Waals surface area contributed by atoms with Gasteiger partial charge in [0.1, 0.15) is 11.4 Å². The first-order chi connectivity index (χ1) is 12.4. The Morgan fingerprint density at radius 3 is 2.69 bits per heavy atom. The molecule has 0 radical (unpaired) electrons. The second-order valence-electron chi connectivity index (χ2n) is 5.71. The fraction of sp³-hybridized carbons (Fsp3) is 0.158. The molecule has 0 saturated heterocycles. The Bertz CT molecular complexity index is 998. The Kier molecular flexibility index (Phi) is 4.95. The summed E-state index contributed by atoms with van der Waals surface area (Å²) in [6.45, 7) is 3.09. The zero-order valence-corrected chi connectivity index (χ0v) is 14.8. The summed E-state index contributed by atoms with van der Waals surface area (Å²) in [5.41, 5.74) is 1.06. The van der Waals surface area contributed by atoms with Crippen LogP contribution in [0.25, 0.3) is 11.0 Å². The number of para-hydroxylation sites is 1. The molecule has 1 N–H and O–H groups in total. The first kappa shape index (κ1) is 17.9. The molecule has 26 heavy (non-hydrogen) atoms. The Labute approximate surface area is 153 Å². The van der Waals surface area contributed by atoms with Gasteiger partial charge in [-0.15, -0.1) is 0 Å². The van der Waals surface area contributed by atoms with Crippen LogP contribution in [0, 0.1) is 12.7 Å². The van der Waals surface area contributed by atoms with Gasteiger partial charge in [0.05, 0.1) is 5.69 Å². The molecule has 5 nitrogen and oxygen atoms in total. The lowest BCUT2D eigenvalue weighted by Gasteiger charge is -2.13. The van der Waals surface area contributed by atoms with Crippen molar-refractivity contribution in [1.82, 2.24) is 0 Å². The van der Waals surface area contributed by atoms with Gasteiger partial charge in [-0.2, -0.15) is 0 Å². The number of fused-ring (bicyclic) bond motifs is 1. The zero-order valence-electron chi connectivity index (χ0n) is 14.0. The van der Waals surface area contributed by atoms with Crippen LogP contribution in [-0.2, 0) is 9.53 Å². The second-order valence-corrected chi connectivity index (χ2v) is 6.15. The molecule has 0 unspecified atom stereocenters. The van der Waals surface area contributed by atoms with Crippen LogP contribution in [0.4, 0.5) is 10.1 Å². The molecule has 3 rings (SSSR count). The lowest BCUT2D eigenvalue weighted by Crippen LogP contribution is -2.30. The number of aryl methyl sites for hydroxylation is 1. The van der Waals surface area contributed by atoms with Crippen LogP contribution in [0.15, 0.2) is 46.9 Å². The molecule has 2 aromatic carbocycles. The SMILES string of the molecule is Cc1c(C(=O)O[C@H](C)C(=O)Nc2ccccc2F)oc2ccc(Cl)cc12. The number of esters is 1. The number of hydrogen-bond donors (Lipinski definition) is 1. The van der Waals surface area contributed by atoms with Gasteiger partial charge >= 0.3 is 5.97 Å². The fourth-order valence-electron chi connectivity index (χ4n) is 2.45. The van der Waals surface area contributed by atoms with Crippen LogP contribution >= 0.6 is 11.6 Å². The van der Waals surface area contributed by atoms with Crippen LogP contribution in [0.1, 0.15) is 23.0 Å². The fourth-order valence-corrected chi connectivity index (χ4v) is 2.62.